The van der Waals surface area contributed by atoms with E-state index in [1.54, 1.807) is 0 Å². The van der Waals surface area contributed by atoms with Gasteiger partial charge in [0.2, 0.25) is 5.91 Å². The van der Waals surface area contributed by atoms with Gasteiger partial charge in [-0.2, -0.15) is 0 Å². The number of ether oxygens (including phenoxy) is 1. The molecule has 0 N–H and O–H groups in total. The van der Waals surface area contributed by atoms with Crippen LogP contribution >= 0.6 is 15.9 Å². The van der Waals surface area contributed by atoms with Crippen molar-refractivity contribution in [2.75, 3.05) is 25.0 Å². The van der Waals surface area contributed by atoms with Gasteiger partial charge in [-0.3, -0.25) is 4.79 Å². The molecule has 0 bridgehead atoms. The van der Waals surface area contributed by atoms with E-state index in [2.05, 4.69) is 15.9 Å². The van der Waals surface area contributed by atoms with Gasteiger partial charge < -0.3 is 9.64 Å². The highest BCUT2D eigenvalue weighted by Crippen LogP contribution is 2.11. The molecule has 1 heterocycles. The predicted octanol–water partition coefficient (Wildman–Crippen LogP) is 2.16. The molecule has 3 nitrogen and oxygen atoms in total. The van der Waals surface area contributed by atoms with E-state index in [4.69, 9.17) is 4.74 Å². The van der Waals surface area contributed by atoms with Crippen molar-refractivity contribution in [2.45, 2.75) is 19.4 Å². The first-order valence-corrected chi connectivity index (χ1v) is 7.32. The molecule has 1 unspecified atom stereocenters. The van der Waals surface area contributed by atoms with Crippen LogP contribution in [0.5, 0.6) is 0 Å². The van der Waals surface area contributed by atoms with Crippen LogP contribution in [0, 0.1) is 6.92 Å². The van der Waals surface area contributed by atoms with E-state index in [0.29, 0.717) is 26.1 Å². The fourth-order valence-electron chi connectivity index (χ4n) is 2.03. The molecule has 1 aromatic rings. The maximum atomic E-state index is 12.2. The van der Waals surface area contributed by atoms with Gasteiger partial charge in [-0.15, -0.1) is 0 Å². The molecule has 1 fully saturated rings. The lowest BCUT2D eigenvalue weighted by molar-refractivity contribution is -0.137. The Hall–Kier alpha value is -0.870. The van der Waals surface area contributed by atoms with Crippen LogP contribution < -0.4 is 0 Å². The van der Waals surface area contributed by atoms with Crippen molar-refractivity contribution >= 4 is 21.8 Å². The Kier molecular flexibility index (Phi) is 4.78. The first-order valence-electron chi connectivity index (χ1n) is 6.20. The number of hydrogen-bond donors (Lipinski definition) is 0. The van der Waals surface area contributed by atoms with Gasteiger partial charge >= 0.3 is 0 Å². The third-order valence-electron chi connectivity index (χ3n) is 3.14. The minimum atomic E-state index is 0.126. The van der Waals surface area contributed by atoms with Crippen molar-refractivity contribution in [2.24, 2.45) is 0 Å². The van der Waals surface area contributed by atoms with Crippen LogP contribution in [0.15, 0.2) is 24.3 Å². The predicted molar refractivity (Wildman–Crippen MR) is 75.0 cm³/mol. The number of nitrogens with zero attached hydrogens (tertiary/aromatic N) is 1. The second-order valence-electron chi connectivity index (χ2n) is 4.65. The van der Waals surface area contributed by atoms with Gasteiger partial charge in [0.15, 0.2) is 0 Å². The summed E-state index contributed by atoms with van der Waals surface area (Å²) < 4.78 is 5.53. The average Bonchev–Trinajstić information content (AvgIpc) is 2.41. The molecule has 0 saturated carbocycles. The molecule has 18 heavy (non-hydrogen) atoms. The fraction of sp³-hybridized carbons (Fsp3) is 0.500. The van der Waals surface area contributed by atoms with Gasteiger partial charge in [-0.05, 0) is 12.5 Å². The SMILES string of the molecule is Cc1ccc(CC(=O)N2CCOC(CBr)C2)cc1. The molecule has 4 heteroatoms. The van der Waals surface area contributed by atoms with Crippen molar-refractivity contribution in [3.8, 4) is 0 Å². The zero-order chi connectivity index (χ0) is 13.0. The van der Waals surface area contributed by atoms with Crippen molar-refractivity contribution in [1.82, 2.24) is 4.90 Å². The lowest BCUT2D eigenvalue weighted by Gasteiger charge is -2.32. The number of benzene rings is 1. The fourth-order valence-corrected chi connectivity index (χ4v) is 2.42. The summed E-state index contributed by atoms with van der Waals surface area (Å²) >= 11 is 3.40. The summed E-state index contributed by atoms with van der Waals surface area (Å²) in [5, 5.41) is 0.779. The van der Waals surface area contributed by atoms with E-state index in [-0.39, 0.29) is 12.0 Å². The summed E-state index contributed by atoms with van der Waals surface area (Å²) in [6.45, 7) is 4.08. The topological polar surface area (TPSA) is 29.5 Å². The van der Waals surface area contributed by atoms with E-state index < -0.39 is 0 Å². The number of amides is 1. The molecular weight excluding hydrogens is 294 g/mol. The standard InChI is InChI=1S/C14H18BrNO2/c1-11-2-4-12(5-3-11)8-14(17)16-6-7-18-13(9-15)10-16/h2-5,13H,6-10H2,1H3. The maximum Gasteiger partial charge on any atom is 0.227 e. The molecule has 2 rings (SSSR count). The normalized spacial score (nSPS) is 19.9. The molecule has 0 radical (unpaired) electrons. The van der Waals surface area contributed by atoms with Crippen LogP contribution in [0.1, 0.15) is 11.1 Å². The zero-order valence-electron chi connectivity index (χ0n) is 10.6. The van der Waals surface area contributed by atoms with E-state index in [0.717, 1.165) is 10.9 Å². The van der Waals surface area contributed by atoms with E-state index in [1.165, 1.54) is 5.56 Å². The first-order chi connectivity index (χ1) is 8.69. The summed E-state index contributed by atoms with van der Waals surface area (Å²) in [5.74, 6) is 0.188. The molecule has 0 aliphatic carbocycles. The van der Waals surface area contributed by atoms with E-state index in [9.17, 15) is 4.79 Å². The summed E-state index contributed by atoms with van der Waals surface area (Å²) in [6, 6.07) is 8.14. The highest BCUT2D eigenvalue weighted by atomic mass is 79.9. The zero-order valence-corrected chi connectivity index (χ0v) is 12.1. The van der Waals surface area contributed by atoms with Crippen LogP contribution in [0.25, 0.3) is 0 Å². The van der Waals surface area contributed by atoms with Gasteiger partial charge in [-0.25, -0.2) is 0 Å². The second kappa shape index (κ2) is 6.34. The van der Waals surface area contributed by atoms with Crippen LogP contribution in [0.4, 0.5) is 0 Å². The minimum absolute atomic E-state index is 0.126. The number of morpholine rings is 1. The van der Waals surface area contributed by atoms with Gasteiger partial charge in [0.25, 0.3) is 0 Å². The Morgan fingerprint density at radius 2 is 2.17 bits per heavy atom. The summed E-state index contributed by atoms with van der Waals surface area (Å²) in [5.41, 5.74) is 2.30. The number of carbonyl (C=O) groups excluding carboxylic acids is 1. The third kappa shape index (κ3) is 3.56. The van der Waals surface area contributed by atoms with Crippen LogP contribution in [-0.2, 0) is 16.0 Å². The average molecular weight is 312 g/mol. The third-order valence-corrected chi connectivity index (χ3v) is 3.86. The second-order valence-corrected chi connectivity index (χ2v) is 5.30. The summed E-state index contributed by atoms with van der Waals surface area (Å²) in [4.78, 5) is 14.1. The van der Waals surface area contributed by atoms with Gasteiger partial charge in [0, 0.05) is 18.4 Å². The Balaban J connectivity index is 1.93. The molecule has 1 aromatic carbocycles. The number of hydrogen-bond acceptors (Lipinski definition) is 2. The van der Waals surface area contributed by atoms with Gasteiger partial charge in [0.1, 0.15) is 0 Å². The van der Waals surface area contributed by atoms with Crippen LogP contribution in [0.2, 0.25) is 0 Å². The van der Waals surface area contributed by atoms with E-state index >= 15 is 0 Å². The summed E-state index contributed by atoms with van der Waals surface area (Å²) in [7, 11) is 0. The highest BCUT2D eigenvalue weighted by Gasteiger charge is 2.23. The van der Waals surface area contributed by atoms with Crippen LogP contribution in [0.3, 0.4) is 0 Å². The number of aryl methyl sites for hydroxylation is 1. The summed E-state index contributed by atoms with van der Waals surface area (Å²) in [6.07, 6.45) is 0.607. The number of alkyl halides is 1. The van der Waals surface area contributed by atoms with Crippen LogP contribution in [-0.4, -0.2) is 41.9 Å². The van der Waals surface area contributed by atoms with Crippen molar-refractivity contribution < 1.29 is 9.53 Å². The molecule has 0 spiro atoms. The molecule has 0 aromatic heterocycles. The van der Waals surface area contributed by atoms with Crippen molar-refractivity contribution in [3.63, 3.8) is 0 Å². The number of halogens is 1. The largest absolute Gasteiger partial charge is 0.374 e. The molecule has 1 aliphatic heterocycles. The first kappa shape index (κ1) is 13.6. The van der Waals surface area contributed by atoms with Gasteiger partial charge in [0.05, 0.1) is 19.1 Å². The smallest absolute Gasteiger partial charge is 0.227 e. The molecule has 1 aliphatic rings. The quantitative estimate of drug-likeness (QED) is 0.801. The van der Waals surface area contributed by atoms with Crippen molar-refractivity contribution in [3.05, 3.63) is 35.4 Å². The lowest BCUT2D eigenvalue weighted by Crippen LogP contribution is -2.46. The molecule has 98 valence electrons. The maximum absolute atomic E-state index is 12.2. The Bertz CT molecular complexity index is 405. The number of rotatable bonds is 3. The highest BCUT2D eigenvalue weighted by molar-refractivity contribution is 9.09. The molecule has 1 amide bonds. The number of carbonyl (C=O) groups is 1. The Morgan fingerprint density at radius 3 is 2.83 bits per heavy atom. The van der Waals surface area contributed by atoms with Gasteiger partial charge in [-0.1, -0.05) is 45.8 Å². The monoisotopic (exact) mass is 311 g/mol. The molecular formula is C14H18BrNO2. The van der Waals surface area contributed by atoms with E-state index in [1.807, 2.05) is 36.1 Å². The van der Waals surface area contributed by atoms with Crippen molar-refractivity contribution in [1.29, 1.82) is 0 Å². The molecule has 1 atom stereocenters. The minimum Gasteiger partial charge on any atom is -0.374 e. The molecule has 1 saturated heterocycles. The lowest BCUT2D eigenvalue weighted by atomic mass is 10.1. The Morgan fingerprint density at radius 1 is 1.44 bits per heavy atom. The Labute approximate surface area is 116 Å².